The minimum atomic E-state index is -5.27. The summed E-state index contributed by atoms with van der Waals surface area (Å²) in [6.07, 6.45) is -3.69. The van der Waals surface area contributed by atoms with Gasteiger partial charge >= 0.3 is 11.8 Å². The van der Waals surface area contributed by atoms with Crippen LogP contribution in [0.25, 0.3) is 0 Å². The molecule has 0 spiro atoms. The molecule has 0 aromatic rings. The van der Waals surface area contributed by atoms with Gasteiger partial charge in [-0.3, -0.25) is 0 Å². The lowest BCUT2D eigenvalue weighted by Gasteiger charge is -2.19. The topological polar surface area (TPSA) is 47.6 Å². The van der Waals surface area contributed by atoms with Gasteiger partial charge in [0.05, 0.1) is 0 Å². The first kappa shape index (κ1) is 10.6. The highest BCUT2D eigenvalue weighted by Crippen LogP contribution is 2.37. The maximum atomic E-state index is 12.0. The molecule has 0 saturated heterocycles. The molecule has 0 aliphatic carbocycles. The second-order valence-electron chi connectivity index (χ2n) is 1.80. The van der Waals surface area contributed by atoms with Crippen LogP contribution in [0.2, 0.25) is 0 Å². The van der Waals surface area contributed by atoms with E-state index < -0.39 is 18.0 Å². The standard InChI is InChI=1S/C5HF5N2/c6-3(1-11)5(9,10)4(7,8)2-12/h3H. The van der Waals surface area contributed by atoms with Crippen molar-refractivity contribution in [2.75, 3.05) is 0 Å². The molecule has 0 aliphatic heterocycles. The van der Waals surface area contributed by atoms with Crippen molar-refractivity contribution >= 4 is 0 Å². The Kier molecular flexibility index (Phi) is 2.60. The first-order valence-corrected chi connectivity index (χ1v) is 2.50. The van der Waals surface area contributed by atoms with Crippen molar-refractivity contribution in [3.8, 4) is 12.1 Å². The van der Waals surface area contributed by atoms with Gasteiger partial charge in [0.15, 0.2) is 0 Å². The summed E-state index contributed by atoms with van der Waals surface area (Å²) in [5.74, 6) is -10.4. The second kappa shape index (κ2) is 2.94. The highest BCUT2D eigenvalue weighted by molar-refractivity contribution is 5.10. The molecule has 0 heterocycles. The quantitative estimate of drug-likeness (QED) is 0.612. The van der Waals surface area contributed by atoms with Gasteiger partial charge in [-0.25, -0.2) is 4.39 Å². The van der Waals surface area contributed by atoms with E-state index in [2.05, 4.69) is 0 Å². The molecule has 0 fully saturated rings. The normalized spacial score (nSPS) is 14.6. The summed E-state index contributed by atoms with van der Waals surface area (Å²) < 4.78 is 59.6. The molecule has 0 aromatic heterocycles. The second-order valence-corrected chi connectivity index (χ2v) is 1.80. The van der Waals surface area contributed by atoms with Crippen molar-refractivity contribution in [2.45, 2.75) is 18.0 Å². The number of alkyl halides is 5. The Hall–Kier alpha value is -1.37. The molecular weight excluding hydrogens is 183 g/mol. The van der Waals surface area contributed by atoms with Crippen LogP contribution in [0, 0.1) is 22.7 Å². The Morgan fingerprint density at radius 2 is 1.50 bits per heavy atom. The van der Waals surface area contributed by atoms with Crippen LogP contribution in [0.15, 0.2) is 0 Å². The Labute approximate surface area is 63.8 Å². The van der Waals surface area contributed by atoms with Crippen LogP contribution in [0.5, 0.6) is 0 Å². The van der Waals surface area contributed by atoms with E-state index in [1.54, 1.807) is 0 Å². The zero-order valence-electron chi connectivity index (χ0n) is 5.36. The van der Waals surface area contributed by atoms with Gasteiger partial charge in [0, 0.05) is 0 Å². The number of nitriles is 2. The molecule has 2 nitrogen and oxygen atoms in total. The molecule has 0 saturated carbocycles. The lowest BCUT2D eigenvalue weighted by atomic mass is 10.1. The Bertz CT molecular complexity index is 248. The molecule has 0 amide bonds. The van der Waals surface area contributed by atoms with E-state index in [9.17, 15) is 22.0 Å². The smallest absolute Gasteiger partial charge is 0.224 e. The largest absolute Gasteiger partial charge is 0.397 e. The number of nitrogens with zero attached hydrogens (tertiary/aromatic N) is 2. The minimum absolute atomic E-state index is 0.0776. The number of rotatable bonds is 2. The maximum Gasteiger partial charge on any atom is 0.397 e. The summed E-state index contributed by atoms with van der Waals surface area (Å²) in [6, 6.07) is 0.220. The Morgan fingerprint density at radius 3 is 1.75 bits per heavy atom. The summed E-state index contributed by atoms with van der Waals surface area (Å²) in [5.41, 5.74) is 0. The number of hydrogen-bond acceptors (Lipinski definition) is 2. The predicted octanol–water partition coefficient (Wildman–Crippen LogP) is 1.64. The monoisotopic (exact) mass is 184 g/mol. The summed E-state index contributed by atoms with van der Waals surface area (Å²) in [4.78, 5) is 0. The zero-order chi connectivity index (χ0) is 9.99. The SMILES string of the molecule is N#CC(F)C(F)(F)C(F)(F)C#N. The molecule has 1 unspecified atom stereocenters. The Morgan fingerprint density at radius 1 is 1.08 bits per heavy atom. The van der Waals surface area contributed by atoms with Gasteiger partial charge in [0.2, 0.25) is 0 Å². The summed E-state index contributed by atoms with van der Waals surface area (Å²) in [7, 11) is 0. The lowest BCUT2D eigenvalue weighted by molar-refractivity contribution is -0.197. The van der Waals surface area contributed by atoms with E-state index in [1.165, 1.54) is 0 Å². The van der Waals surface area contributed by atoms with Crippen LogP contribution in [-0.4, -0.2) is 18.0 Å². The van der Waals surface area contributed by atoms with Gasteiger partial charge in [-0.15, -0.1) is 0 Å². The third-order valence-electron chi connectivity index (χ3n) is 0.991. The van der Waals surface area contributed by atoms with Crippen LogP contribution < -0.4 is 0 Å². The fraction of sp³-hybridized carbons (Fsp3) is 0.600. The van der Waals surface area contributed by atoms with Gasteiger partial charge in [-0.05, 0) is 0 Å². The third-order valence-corrected chi connectivity index (χ3v) is 0.991. The van der Waals surface area contributed by atoms with Crippen molar-refractivity contribution in [1.82, 2.24) is 0 Å². The average molecular weight is 184 g/mol. The molecule has 0 radical (unpaired) electrons. The van der Waals surface area contributed by atoms with Gasteiger partial charge < -0.3 is 0 Å². The summed E-state index contributed by atoms with van der Waals surface area (Å²) in [5, 5.41) is 15.1. The van der Waals surface area contributed by atoms with Crippen LogP contribution in [-0.2, 0) is 0 Å². The molecular formula is C5HF5N2. The predicted molar refractivity (Wildman–Crippen MR) is 26.0 cm³/mol. The van der Waals surface area contributed by atoms with Crippen molar-refractivity contribution in [3.05, 3.63) is 0 Å². The molecule has 0 bridgehead atoms. The average Bonchev–Trinajstić information content (AvgIpc) is 2.02. The van der Waals surface area contributed by atoms with Crippen LogP contribution >= 0.6 is 0 Å². The molecule has 0 N–H and O–H groups in total. The molecule has 0 aliphatic rings. The van der Waals surface area contributed by atoms with Crippen molar-refractivity contribution in [1.29, 1.82) is 10.5 Å². The van der Waals surface area contributed by atoms with Crippen molar-refractivity contribution in [2.24, 2.45) is 0 Å². The first-order valence-electron chi connectivity index (χ1n) is 2.50. The fourth-order valence-corrected chi connectivity index (χ4v) is 0.315. The van der Waals surface area contributed by atoms with Crippen molar-refractivity contribution < 1.29 is 22.0 Å². The van der Waals surface area contributed by atoms with E-state index in [4.69, 9.17) is 10.5 Å². The van der Waals surface area contributed by atoms with E-state index >= 15 is 0 Å². The molecule has 7 heteroatoms. The summed E-state index contributed by atoms with van der Waals surface area (Å²) in [6.45, 7) is 0. The highest BCUT2D eigenvalue weighted by atomic mass is 19.3. The summed E-state index contributed by atoms with van der Waals surface area (Å²) >= 11 is 0. The first-order chi connectivity index (χ1) is 5.29. The van der Waals surface area contributed by atoms with Gasteiger partial charge in [0.25, 0.3) is 6.17 Å². The zero-order valence-corrected chi connectivity index (χ0v) is 5.36. The number of halogens is 5. The van der Waals surface area contributed by atoms with E-state index in [0.29, 0.717) is 6.07 Å². The van der Waals surface area contributed by atoms with Crippen LogP contribution in [0.1, 0.15) is 0 Å². The third kappa shape index (κ3) is 1.45. The van der Waals surface area contributed by atoms with Gasteiger partial charge in [0.1, 0.15) is 12.1 Å². The lowest BCUT2D eigenvalue weighted by Crippen LogP contribution is -2.46. The molecule has 0 aromatic carbocycles. The van der Waals surface area contributed by atoms with Gasteiger partial charge in [-0.1, -0.05) is 0 Å². The van der Waals surface area contributed by atoms with E-state index in [-0.39, 0.29) is 6.07 Å². The Balaban J connectivity index is 4.90. The van der Waals surface area contributed by atoms with Crippen LogP contribution in [0.3, 0.4) is 0 Å². The fourth-order valence-electron chi connectivity index (χ4n) is 0.315. The molecule has 1 atom stereocenters. The van der Waals surface area contributed by atoms with Gasteiger partial charge in [-0.2, -0.15) is 28.1 Å². The highest BCUT2D eigenvalue weighted by Gasteiger charge is 2.63. The molecule has 66 valence electrons. The van der Waals surface area contributed by atoms with E-state index in [1.807, 2.05) is 0 Å². The van der Waals surface area contributed by atoms with Crippen molar-refractivity contribution in [3.63, 3.8) is 0 Å². The number of hydrogen-bond donors (Lipinski definition) is 0. The maximum absolute atomic E-state index is 12.0. The van der Waals surface area contributed by atoms with Crippen LogP contribution in [0.4, 0.5) is 22.0 Å². The molecule has 0 rings (SSSR count). The minimum Gasteiger partial charge on any atom is -0.224 e. The van der Waals surface area contributed by atoms with E-state index in [0.717, 1.165) is 0 Å². The molecule has 12 heavy (non-hydrogen) atoms.